The van der Waals surface area contributed by atoms with Crippen LogP contribution in [0.25, 0.3) is 0 Å². The number of ether oxygens (including phenoxy) is 1. The molecule has 106 valence electrons. The van der Waals surface area contributed by atoms with Gasteiger partial charge in [0, 0.05) is 13.1 Å². The molecule has 1 unspecified atom stereocenters. The van der Waals surface area contributed by atoms with E-state index < -0.39 is 6.10 Å². The van der Waals surface area contributed by atoms with Gasteiger partial charge in [0.2, 0.25) is 0 Å². The third kappa shape index (κ3) is 6.33. The van der Waals surface area contributed by atoms with Crippen LogP contribution in [0.3, 0.4) is 0 Å². The zero-order valence-corrected chi connectivity index (χ0v) is 11.1. The van der Waals surface area contributed by atoms with Crippen molar-refractivity contribution in [3.8, 4) is 0 Å². The number of hydrogen-bond acceptors (Lipinski definition) is 5. The SMILES string of the molecule is CCOC(=O)CC(O)CNCc1cccc(CO)c1. The van der Waals surface area contributed by atoms with Gasteiger partial charge in [0.15, 0.2) is 0 Å². The normalized spacial score (nSPS) is 12.2. The van der Waals surface area contributed by atoms with Crippen molar-refractivity contribution >= 4 is 5.97 Å². The van der Waals surface area contributed by atoms with Crippen molar-refractivity contribution in [1.29, 1.82) is 0 Å². The monoisotopic (exact) mass is 267 g/mol. The van der Waals surface area contributed by atoms with Crippen LogP contribution in [0.4, 0.5) is 0 Å². The molecule has 0 radical (unpaired) electrons. The summed E-state index contributed by atoms with van der Waals surface area (Å²) in [6.07, 6.45) is -0.752. The van der Waals surface area contributed by atoms with Crippen LogP contribution >= 0.6 is 0 Å². The van der Waals surface area contributed by atoms with Gasteiger partial charge in [-0.15, -0.1) is 0 Å². The molecule has 0 spiro atoms. The summed E-state index contributed by atoms with van der Waals surface area (Å²) in [5.74, 6) is -0.390. The molecule has 0 bridgehead atoms. The summed E-state index contributed by atoms with van der Waals surface area (Å²) in [5, 5.41) is 21.7. The lowest BCUT2D eigenvalue weighted by molar-refractivity contribution is -0.145. The van der Waals surface area contributed by atoms with Gasteiger partial charge in [-0.05, 0) is 18.1 Å². The highest BCUT2D eigenvalue weighted by Crippen LogP contribution is 2.05. The molecule has 5 nitrogen and oxygen atoms in total. The molecule has 19 heavy (non-hydrogen) atoms. The van der Waals surface area contributed by atoms with Crippen LogP contribution < -0.4 is 5.32 Å². The molecule has 0 saturated carbocycles. The number of hydrogen-bond donors (Lipinski definition) is 3. The van der Waals surface area contributed by atoms with Crippen LogP contribution in [-0.4, -0.2) is 35.4 Å². The van der Waals surface area contributed by atoms with Crippen LogP contribution in [-0.2, 0) is 22.7 Å². The standard InChI is InChI=1S/C14H21NO4/c1-2-19-14(18)7-13(17)9-15-8-11-4-3-5-12(6-11)10-16/h3-6,13,15-17H,2,7-10H2,1H3. The Labute approximate surface area is 113 Å². The van der Waals surface area contributed by atoms with E-state index in [0.717, 1.165) is 11.1 Å². The van der Waals surface area contributed by atoms with E-state index in [1.54, 1.807) is 6.92 Å². The minimum Gasteiger partial charge on any atom is -0.466 e. The van der Waals surface area contributed by atoms with Crippen LogP contribution in [0.5, 0.6) is 0 Å². The number of aliphatic hydroxyl groups excluding tert-OH is 2. The Hall–Kier alpha value is -1.43. The molecule has 0 amide bonds. The highest BCUT2D eigenvalue weighted by atomic mass is 16.5. The minimum absolute atomic E-state index is 0.00246. The molecule has 1 atom stereocenters. The summed E-state index contributed by atoms with van der Waals surface area (Å²) in [6.45, 7) is 2.97. The number of carbonyl (C=O) groups excluding carboxylic acids is 1. The Bertz CT molecular complexity index is 395. The predicted molar refractivity (Wildman–Crippen MR) is 71.3 cm³/mol. The lowest BCUT2D eigenvalue weighted by Gasteiger charge is -2.11. The van der Waals surface area contributed by atoms with E-state index in [1.165, 1.54) is 0 Å². The Morgan fingerprint density at radius 3 is 2.84 bits per heavy atom. The quantitative estimate of drug-likeness (QED) is 0.601. The summed E-state index contributed by atoms with van der Waals surface area (Å²) in [7, 11) is 0. The molecular weight excluding hydrogens is 246 g/mol. The summed E-state index contributed by atoms with van der Waals surface area (Å²) >= 11 is 0. The van der Waals surface area contributed by atoms with E-state index in [1.807, 2.05) is 24.3 Å². The van der Waals surface area contributed by atoms with Crippen LogP contribution in [0.1, 0.15) is 24.5 Å². The summed E-state index contributed by atoms with van der Waals surface area (Å²) in [4.78, 5) is 11.1. The number of benzene rings is 1. The maximum absolute atomic E-state index is 11.1. The van der Waals surface area contributed by atoms with Gasteiger partial charge in [-0.2, -0.15) is 0 Å². The first-order chi connectivity index (χ1) is 9.15. The van der Waals surface area contributed by atoms with Crippen molar-refractivity contribution < 1.29 is 19.7 Å². The lowest BCUT2D eigenvalue weighted by atomic mass is 10.1. The Morgan fingerprint density at radius 2 is 2.16 bits per heavy atom. The van der Waals surface area contributed by atoms with E-state index in [-0.39, 0.29) is 19.0 Å². The molecule has 0 aromatic heterocycles. The largest absolute Gasteiger partial charge is 0.466 e. The van der Waals surface area contributed by atoms with E-state index in [4.69, 9.17) is 9.84 Å². The highest BCUT2D eigenvalue weighted by Gasteiger charge is 2.10. The molecule has 3 N–H and O–H groups in total. The molecule has 0 aliphatic rings. The van der Waals surface area contributed by atoms with Gasteiger partial charge in [0.05, 0.1) is 25.7 Å². The van der Waals surface area contributed by atoms with Gasteiger partial charge in [-0.25, -0.2) is 0 Å². The second-order valence-corrected chi connectivity index (χ2v) is 4.27. The topological polar surface area (TPSA) is 78.8 Å². The molecular formula is C14H21NO4. The van der Waals surface area contributed by atoms with Gasteiger partial charge in [-0.1, -0.05) is 24.3 Å². The van der Waals surface area contributed by atoms with Crippen molar-refractivity contribution in [2.24, 2.45) is 0 Å². The van der Waals surface area contributed by atoms with Gasteiger partial charge in [-0.3, -0.25) is 4.79 Å². The van der Waals surface area contributed by atoms with E-state index in [2.05, 4.69) is 5.32 Å². The van der Waals surface area contributed by atoms with Crippen LogP contribution in [0, 0.1) is 0 Å². The predicted octanol–water partition coefficient (Wildman–Crippen LogP) is 0.583. The van der Waals surface area contributed by atoms with Gasteiger partial charge < -0.3 is 20.3 Å². The minimum atomic E-state index is -0.750. The fraction of sp³-hybridized carbons (Fsp3) is 0.500. The second kappa shape index (κ2) is 8.63. The van der Waals surface area contributed by atoms with E-state index >= 15 is 0 Å². The fourth-order valence-corrected chi connectivity index (χ4v) is 1.71. The van der Waals surface area contributed by atoms with Crippen LogP contribution in [0.15, 0.2) is 24.3 Å². The number of carbonyl (C=O) groups is 1. The molecule has 1 aromatic carbocycles. The molecule has 1 aromatic rings. The van der Waals surface area contributed by atoms with Crippen molar-refractivity contribution in [3.63, 3.8) is 0 Å². The van der Waals surface area contributed by atoms with E-state index in [9.17, 15) is 9.90 Å². The molecule has 0 aliphatic heterocycles. The first-order valence-electron chi connectivity index (χ1n) is 6.38. The lowest BCUT2D eigenvalue weighted by Crippen LogP contribution is -2.29. The first-order valence-corrected chi connectivity index (χ1v) is 6.38. The van der Waals surface area contributed by atoms with Crippen LogP contribution in [0.2, 0.25) is 0 Å². The van der Waals surface area contributed by atoms with Gasteiger partial charge >= 0.3 is 5.97 Å². The maximum atomic E-state index is 11.1. The summed E-state index contributed by atoms with van der Waals surface area (Å²) in [5.41, 5.74) is 1.88. The third-order valence-electron chi connectivity index (χ3n) is 2.59. The first kappa shape index (κ1) is 15.6. The van der Waals surface area contributed by atoms with Crippen molar-refractivity contribution in [2.45, 2.75) is 32.6 Å². The van der Waals surface area contributed by atoms with Gasteiger partial charge in [0.25, 0.3) is 0 Å². The summed E-state index contributed by atoms with van der Waals surface area (Å²) in [6, 6.07) is 7.55. The maximum Gasteiger partial charge on any atom is 0.308 e. The molecule has 0 saturated heterocycles. The molecule has 1 rings (SSSR count). The number of aliphatic hydroxyl groups is 2. The second-order valence-electron chi connectivity index (χ2n) is 4.27. The molecule has 0 fully saturated rings. The number of rotatable bonds is 8. The molecule has 5 heteroatoms. The average molecular weight is 267 g/mol. The number of nitrogens with one attached hydrogen (secondary N) is 1. The molecule has 0 aliphatic carbocycles. The zero-order chi connectivity index (χ0) is 14.1. The Morgan fingerprint density at radius 1 is 1.42 bits per heavy atom. The third-order valence-corrected chi connectivity index (χ3v) is 2.59. The van der Waals surface area contributed by atoms with Gasteiger partial charge in [0.1, 0.15) is 0 Å². The van der Waals surface area contributed by atoms with Crippen molar-refractivity contribution in [3.05, 3.63) is 35.4 Å². The summed E-state index contributed by atoms with van der Waals surface area (Å²) < 4.78 is 4.75. The van der Waals surface area contributed by atoms with E-state index in [0.29, 0.717) is 19.7 Å². The average Bonchev–Trinajstić information content (AvgIpc) is 2.39. The zero-order valence-electron chi connectivity index (χ0n) is 11.1. The fourth-order valence-electron chi connectivity index (χ4n) is 1.71. The Balaban J connectivity index is 2.27. The van der Waals surface area contributed by atoms with Crippen molar-refractivity contribution in [1.82, 2.24) is 5.32 Å². The Kier molecular flexibility index (Phi) is 7.10. The number of esters is 1. The molecule has 0 heterocycles. The smallest absolute Gasteiger partial charge is 0.308 e. The highest BCUT2D eigenvalue weighted by molar-refractivity contribution is 5.69. The van der Waals surface area contributed by atoms with Crippen molar-refractivity contribution in [2.75, 3.05) is 13.2 Å².